The van der Waals surface area contributed by atoms with Crippen molar-refractivity contribution in [3.05, 3.63) is 52.4 Å². The number of fused-ring (bicyclic) bond motifs is 4. The summed E-state index contributed by atoms with van der Waals surface area (Å²) < 4.78 is 86.6. The molecule has 3 atom stereocenters. The van der Waals surface area contributed by atoms with Crippen LogP contribution in [-0.2, 0) is 28.7 Å². The monoisotopic (exact) mass is 490 g/mol. The molecule has 184 valence electrons. The zero-order valence-corrected chi connectivity index (χ0v) is 17.8. The van der Waals surface area contributed by atoms with Crippen LogP contribution in [0.25, 0.3) is 0 Å². The zero-order valence-electron chi connectivity index (χ0n) is 17.8. The summed E-state index contributed by atoms with van der Waals surface area (Å²) >= 11 is 0. The van der Waals surface area contributed by atoms with Crippen LogP contribution in [0.4, 0.5) is 26.3 Å². The van der Waals surface area contributed by atoms with Gasteiger partial charge in [-0.15, -0.1) is 0 Å². The van der Waals surface area contributed by atoms with Gasteiger partial charge in [-0.3, -0.25) is 4.79 Å². The van der Waals surface area contributed by atoms with Gasteiger partial charge in [-0.2, -0.15) is 13.2 Å². The van der Waals surface area contributed by atoms with Gasteiger partial charge < -0.3 is 19.9 Å². The highest BCUT2D eigenvalue weighted by molar-refractivity contribution is 5.89. The minimum atomic E-state index is -4.82. The Labute approximate surface area is 189 Å². The second-order valence-electron chi connectivity index (χ2n) is 8.34. The lowest BCUT2D eigenvalue weighted by Gasteiger charge is -2.37. The van der Waals surface area contributed by atoms with E-state index in [1.54, 1.807) is 0 Å². The van der Waals surface area contributed by atoms with Gasteiger partial charge in [-0.25, -0.2) is 22.9 Å². The molecule has 2 aliphatic heterocycles. The minimum Gasteiger partial charge on any atom is -0.464 e. The summed E-state index contributed by atoms with van der Waals surface area (Å²) in [5, 5.41) is 0. The molecule has 2 aromatic rings. The Balaban J connectivity index is 1.58. The topological polar surface area (TPSA) is 90.5 Å². The Morgan fingerprint density at radius 3 is 2.50 bits per heavy atom. The van der Waals surface area contributed by atoms with Gasteiger partial charge >= 0.3 is 12.1 Å². The van der Waals surface area contributed by atoms with E-state index in [4.69, 9.17) is 5.73 Å². The first-order valence-electron chi connectivity index (χ1n) is 10.4. The van der Waals surface area contributed by atoms with Crippen LogP contribution in [0.1, 0.15) is 52.9 Å². The number of nitrogens with zero attached hydrogens (tertiary/aromatic N) is 3. The lowest BCUT2D eigenvalue weighted by atomic mass is 10.0. The van der Waals surface area contributed by atoms with Gasteiger partial charge in [0.1, 0.15) is 5.82 Å². The van der Waals surface area contributed by atoms with Crippen molar-refractivity contribution in [1.82, 2.24) is 14.5 Å². The smallest absolute Gasteiger partial charge is 0.449 e. The maximum atomic E-state index is 13.9. The molecule has 0 spiro atoms. The molecule has 0 radical (unpaired) electrons. The van der Waals surface area contributed by atoms with E-state index in [9.17, 15) is 35.9 Å². The molecule has 0 aliphatic carbocycles. The van der Waals surface area contributed by atoms with Crippen LogP contribution in [-0.4, -0.2) is 45.5 Å². The average molecular weight is 490 g/mol. The van der Waals surface area contributed by atoms with Gasteiger partial charge in [0.15, 0.2) is 17.3 Å². The van der Waals surface area contributed by atoms with Crippen LogP contribution < -0.4 is 5.73 Å². The van der Waals surface area contributed by atoms with Gasteiger partial charge in [0.2, 0.25) is 11.7 Å². The van der Waals surface area contributed by atoms with E-state index >= 15 is 0 Å². The normalized spacial score (nSPS) is 20.3. The Morgan fingerprint density at radius 2 is 1.85 bits per heavy atom. The summed E-state index contributed by atoms with van der Waals surface area (Å²) in [4.78, 5) is 30.1. The van der Waals surface area contributed by atoms with Crippen LogP contribution in [0.3, 0.4) is 0 Å². The molecule has 13 heteroatoms. The molecule has 1 aromatic heterocycles. The summed E-state index contributed by atoms with van der Waals surface area (Å²) in [7, 11) is 1.01. The highest BCUT2D eigenvalue weighted by Crippen LogP contribution is 2.45. The summed E-state index contributed by atoms with van der Waals surface area (Å²) in [6.07, 6.45) is -4.70. The first-order chi connectivity index (χ1) is 15.9. The number of hydrogen-bond acceptors (Lipinski definition) is 5. The van der Waals surface area contributed by atoms with Gasteiger partial charge in [0.05, 0.1) is 24.9 Å². The van der Waals surface area contributed by atoms with Crippen LogP contribution in [0.5, 0.6) is 0 Å². The maximum Gasteiger partial charge on any atom is 0.449 e. The Morgan fingerprint density at radius 1 is 1.18 bits per heavy atom. The van der Waals surface area contributed by atoms with Crippen molar-refractivity contribution in [2.75, 3.05) is 7.11 Å². The van der Waals surface area contributed by atoms with E-state index in [-0.39, 0.29) is 30.6 Å². The fourth-order valence-electron chi connectivity index (χ4n) is 4.77. The van der Waals surface area contributed by atoms with Crippen LogP contribution in [0, 0.1) is 17.5 Å². The van der Waals surface area contributed by atoms with Crippen LogP contribution in [0.15, 0.2) is 12.1 Å². The van der Waals surface area contributed by atoms with Crippen molar-refractivity contribution in [3.63, 3.8) is 0 Å². The molecule has 4 rings (SSSR count). The van der Waals surface area contributed by atoms with Gasteiger partial charge in [-0.05, 0) is 30.9 Å². The standard InChI is InChI=1S/C21H20F6N4O3/c1-34-19(33)17-18-15-3-2-11(8-30(18)20(29-17)21(25,26)27)31(15)16(32)6-10(28)4-9-5-13(23)14(24)7-12(9)22/h5,7,10-11,15H,2-4,6,8,28H2,1H3/t10-,11-,15-/m1/s1. The maximum absolute atomic E-state index is 13.9. The molecular weight excluding hydrogens is 470 g/mol. The second kappa shape index (κ2) is 8.60. The van der Waals surface area contributed by atoms with E-state index in [1.165, 1.54) is 4.90 Å². The third-order valence-electron chi connectivity index (χ3n) is 6.15. The predicted octanol–water partition coefficient (Wildman–Crippen LogP) is 3.11. The van der Waals surface area contributed by atoms with Crippen molar-refractivity contribution in [1.29, 1.82) is 0 Å². The van der Waals surface area contributed by atoms with Gasteiger partial charge in [-0.1, -0.05) is 0 Å². The quantitative estimate of drug-likeness (QED) is 0.395. The molecule has 1 amide bonds. The Kier molecular flexibility index (Phi) is 6.08. The Hall–Kier alpha value is -3.09. The molecule has 2 N–H and O–H groups in total. The first-order valence-corrected chi connectivity index (χ1v) is 10.4. The number of esters is 1. The van der Waals surface area contributed by atoms with E-state index in [1.807, 2.05) is 0 Å². The number of aromatic nitrogens is 2. The molecule has 1 fully saturated rings. The van der Waals surface area contributed by atoms with Crippen LogP contribution in [0.2, 0.25) is 0 Å². The predicted molar refractivity (Wildman–Crippen MR) is 104 cm³/mol. The number of benzene rings is 1. The molecule has 3 heterocycles. The first kappa shape index (κ1) is 24.0. The number of ether oxygens (including phenoxy) is 1. The number of rotatable bonds is 5. The highest BCUT2D eigenvalue weighted by atomic mass is 19.4. The molecule has 7 nitrogen and oxygen atoms in total. The van der Waals surface area contributed by atoms with Crippen molar-refractivity contribution < 1.29 is 40.7 Å². The largest absolute Gasteiger partial charge is 0.464 e. The van der Waals surface area contributed by atoms with Crippen LogP contribution >= 0.6 is 0 Å². The number of carbonyl (C=O) groups excluding carboxylic acids is 2. The van der Waals surface area contributed by atoms with Crippen molar-refractivity contribution in [2.45, 2.75) is 56.5 Å². The number of imidazole rings is 1. The lowest BCUT2D eigenvalue weighted by Crippen LogP contribution is -2.46. The zero-order chi connectivity index (χ0) is 24.9. The second-order valence-corrected chi connectivity index (χ2v) is 8.34. The number of amides is 1. The third-order valence-corrected chi connectivity index (χ3v) is 6.15. The van der Waals surface area contributed by atoms with E-state index < -0.39 is 65.1 Å². The molecule has 34 heavy (non-hydrogen) atoms. The molecule has 1 aromatic carbocycles. The van der Waals surface area contributed by atoms with Crippen molar-refractivity contribution in [3.8, 4) is 0 Å². The summed E-state index contributed by atoms with van der Waals surface area (Å²) in [6, 6.07) is -1.35. The molecule has 2 aliphatic rings. The third kappa shape index (κ3) is 4.12. The molecule has 2 bridgehead atoms. The number of hydrogen-bond donors (Lipinski definition) is 1. The van der Waals surface area contributed by atoms with E-state index in [0.29, 0.717) is 25.0 Å². The van der Waals surface area contributed by atoms with Gasteiger partial charge in [0.25, 0.3) is 0 Å². The summed E-state index contributed by atoms with van der Waals surface area (Å²) in [5.41, 5.74) is 5.20. The SMILES string of the molecule is COC(=O)c1nc(C(F)(F)F)n2c1[C@H]1CC[C@H](C2)N1C(=O)C[C@H](N)Cc1cc(F)c(F)cc1F. The number of nitrogens with two attached hydrogens (primary N) is 1. The van der Waals surface area contributed by atoms with Gasteiger partial charge in [0, 0.05) is 25.1 Å². The molecule has 0 unspecified atom stereocenters. The average Bonchev–Trinajstić information content (AvgIpc) is 3.29. The number of methoxy groups -OCH3 is 1. The lowest BCUT2D eigenvalue weighted by molar-refractivity contribution is -0.148. The number of carbonyl (C=O) groups is 2. The Bertz CT molecular complexity index is 1150. The number of alkyl halides is 3. The fraction of sp³-hybridized carbons (Fsp3) is 0.476. The number of halogens is 6. The van der Waals surface area contributed by atoms with Crippen molar-refractivity contribution in [2.24, 2.45) is 5.73 Å². The fourth-order valence-corrected chi connectivity index (χ4v) is 4.77. The molecule has 0 saturated carbocycles. The summed E-state index contributed by atoms with van der Waals surface area (Å²) in [5.74, 6) is -6.43. The van der Waals surface area contributed by atoms with E-state index in [2.05, 4.69) is 9.72 Å². The minimum absolute atomic E-state index is 0.0542. The van der Waals surface area contributed by atoms with E-state index in [0.717, 1.165) is 11.7 Å². The molecular formula is C21H20F6N4O3. The van der Waals surface area contributed by atoms with Crippen molar-refractivity contribution >= 4 is 11.9 Å². The molecule has 1 saturated heterocycles. The highest BCUT2D eigenvalue weighted by Gasteiger charge is 2.50. The summed E-state index contributed by atoms with van der Waals surface area (Å²) in [6.45, 7) is -0.219.